The lowest BCUT2D eigenvalue weighted by Crippen LogP contribution is -2.30. The molecule has 1 heterocycles. The number of benzene rings is 1. The van der Waals surface area contributed by atoms with E-state index in [1.54, 1.807) is 0 Å². The third kappa shape index (κ3) is 1.96. The minimum atomic E-state index is -0.0899. The first-order chi connectivity index (χ1) is 9.49. The summed E-state index contributed by atoms with van der Waals surface area (Å²) in [5.41, 5.74) is 3.04. The van der Waals surface area contributed by atoms with Crippen molar-refractivity contribution in [1.29, 1.82) is 0 Å². The van der Waals surface area contributed by atoms with Crippen LogP contribution in [0.15, 0.2) is 18.2 Å². The summed E-state index contributed by atoms with van der Waals surface area (Å²) in [6, 6.07) is 5.82. The number of nitrogens with zero attached hydrogens (tertiary/aromatic N) is 1. The molecule has 1 aliphatic carbocycles. The molecule has 1 aliphatic heterocycles. The zero-order valence-electron chi connectivity index (χ0n) is 12.3. The van der Waals surface area contributed by atoms with Gasteiger partial charge in [-0.25, -0.2) is 0 Å². The van der Waals surface area contributed by atoms with Crippen LogP contribution in [-0.2, 0) is 9.59 Å². The Hall–Kier alpha value is -1.64. The average molecular weight is 271 g/mol. The van der Waals surface area contributed by atoms with Gasteiger partial charge < -0.3 is 0 Å². The number of rotatable bonds is 1. The molecule has 3 nitrogen and oxygen atoms in total. The molecule has 0 spiro atoms. The normalized spacial score (nSPS) is 29.8. The number of hydrogen-bond acceptors (Lipinski definition) is 2. The Morgan fingerprint density at radius 3 is 2.40 bits per heavy atom. The van der Waals surface area contributed by atoms with Gasteiger partial charge >= 0.3 is 0 Å². The highest BCUT2D eigenvalue weighted by molar-refractivity contribution is 6.22. The molecule has 0 bridgehead atoms. The standard InChI is InChI=1S/C17H21NO2/c1-10-4-7-14-15(8-10)17(20)18(16(14)19)13-6-5-11(2)12(3)9-13/h5-6,9-10,14-15H,4,7-8H2,1-3H3/t10-,14+,15-/m0/s1. The first kappa shape index (κ1) is 13.3. The van der Waals surface area contributed by atoms with Gasteiger partial charge in [0.25, 0.3) is 0 Å². The van der Waals surface area contributed by atoms with Gasteiger partial charge in [-0.05, 0) is 62.3 Å². The Morgan fingerprint density at radius 1 is 1.00 bits per heavy atom. The van der Waals surface area contributed by atoms with Gasteiger partial charge in [-0.2, -0.15) is 0 Å². The molecule has 106 valence electrons. The van der Waals surface area contributed by atoms with Gasteiger partial charge in [0.15, 0.2) is 0 Å². The summed E-state index contributed by atoms with van der Waals surface area (Å²) >= 11 is 0. The van der Waals surface area contributed by atoms with Crippen molar-refractivity contribution in [3.05, 3.63) is 29.3 Å². The van der Waals surface area contributed by atoms with Crippen LogP contribution in [0.1, 0.15) is 37.3 Å². The lowest BCUT2D eigenvalue weighted by Gasteiger charge is -2.25. The molecular weight excluding hydrogens is 250 g/mol. The third-order valence-corrected chi connectivity index (χ3v) is 4.94. The van der Waals surface area contributed by atoms with Crippen LogP contribution in [0.4, 0.5) is 5.69 Å². The van der Waals surface area contributed by atoms with Gasteiger partial charge in [-0.1, -0.05) is 13.0 Å². The van der Waals surface area contributed by atoms with E-state index in [2.05, 4.69) is 6.92 Å². The maximum atomic E-state index is 12.6. The monoisotopic (exact) mass is 271 g/mol. The van der Waals surface area contributed by atoms with Crippen molar-refractivity contribution in [3.63, 3.8) is 0 Å². The Labute approximate surface area is 120 Å². The smallest absolute Gasteiger partial charge is 0.237 e. The van der Waals surface area contributed by atoms with Crippen LogP contribution in [0.3, 0.4) is 0 Å². The highest BCUT2D eigenvalue weighted by atomic mass is 16.2. The van der Waals surface area contributed by atoms with Crippen LogP contribution in [0.2, 0.25) is 0 Å². The maximum Gasteiger partial charge on any atom is 0.237 e. The number of imide groups is 1. The van der Waals surface area contributed by atoms with E-state index in [0.29, 0.717) is 5.92 Å². The molecule has 0 aromatic heterocycles. The minimum absolute atomic E-state index is 0.00908. The molecule has 0 N–H and O–H groups in total. The number of anilines is 1. The molecular formula is C17H21NO2. The Morgan fingerprint density at radius 2 is 1.70 bits per heavy atom. The molecule has 1 aromatic carbocycles. The number of carbonyl (C=O) groups excluding carboxylic acids is 2. The number of amides is 2. The summed E-state index contributed by atoms with van der Waals surface area (Å²) in [6.45, 7) is 6.22. The quantitative estimate of drug-likeness (QED) is 0.735. The topological polar surface area (TPSA) is 37.4 Å². The number of aryl methyl sites for hydroxylation is 2. The molecule has 2 fully saturated rings. The zero-order valence-corrected chi connectivity index (χ0v) is 12.3. The first-order valence-corrected chi connectivity index (χ1v) is 7.44. The second kappa shape index (κ2) is 4.72. The van der Waals surface area contributed by atoms with Gasteiger partial charge in [0.2, 0.25) is 11.8 Å². The molecule has 1 aromatic rings. The van der Waals surface area contributed by atoms with E-state index in [-0.39, 0.29) is 23.7 Å². The average Bonchev–Trinajstić information content (AvgIpc) is 2.65. The molecule has 3 heteroatoms. The molecule has 1 saturated carbocycles. The predicted molar refractivity (Wildman–Crippen MR) is 78.4 cm³/mol. The molecule has 0 unspecified atom stereocenters. The SMILES string of the molecule is Cc1ccc(N2C(=O)[C@H]3C[C@@H](C)CC[C@H]3C2=O)cc1C. The fraction of sp³-hybridized carbons (Fsp3) is 0.529. The number of hydrogen-bond donors (Lipinski definition) is 0. The highest BCUT2D eigenvalue weighted by Gasteiger charge is 2.49. The minimum Gasteiger partial charge on any atom is -0.274 e. The second-order valence-corrected chi connectivity index (χ2v) is 6.41. The van der Waals surface area contributed by atoms with Crippen LogP contribution in [0.5, 0.6) is 0 Å². The van der Waals surface area contributed by atoms with E-state index in [9.17, 15) is 9.59 Å². The Bertz CT molecular complexity index is 578. The van der Waals surface area contributed by atoms with E-state index in [0.717, 1.165) is 30.5 Å². The lowest BCUT2D eigenvalue weighted by molar-refractivity contribution is -0.122. The van der Waals surface area contributed by atoms with Crippen LogP contribution >= 0.6 is 0 Å². The van der Waals surface area contributed by atoms with Crippen molar-refractivity contribution in [2.24, 2.45) is 17.8 Å². The van der Waals surface area contributed by atoms with Crippen molar-refractivity contribution in [3.8, 4) is 0 Å². The first-order valence-electron chi connectivity index (χ1n) is 7.44. The van der Waals surface area contributed by atoms with Crippen LogP contribution < -0.4 is 4.90 Å². The van der Waals surface area contributed by atoms with E-state index in [1.165, 1.54) is 10.5 Å². The fourth-order valence-electron chi connectivity index (χ4n) is 3.51. The van der Waals surface area contributed by atoms with Gasteiger partial charge in [0.1, 0.15) is 0 Å². The molecule has 1 saturated heterocycles. The molecule has 2 aliphatic rings. The summed E-state index contributed by atoms with van der Waals surface area (Å²) in [5.74, 6) is 0.394. The summed E-state index contributed by atoms with van der Waals surface area (Å²) < 4.78 is 0. The zero-order chi connectivity index (χ0) is 14.4. The van der Waals surface area contributed by atoms with Crippen molar-refractivity contribution in [2.45, 2.75) is 40.0 Å². The molecule has 3 rings (SSSR count). The maximum absolute atomic E-state index is 12.6. The van der Waals surface area contributed by atoms with Gasteiger partial charge in [-0.15, -0.1) is 0 Å². The summed E-state index contributed by atoms with van der Waals surface area (Å²) in [4.78, 5) is 26.6. The summed E-state index contributed by atoms with van der Waals surface area (Å²) in [6.07, 6.45) is 2.77. The predicted octanol–water partition coefficient (Wildman–Crippen LogP) is 3.23. The highest BCUT2D eigenvalue weighted by Crippen LogP contribution is 2.42. The Balaban J connectivity index is 1.96. The lowest BCUT2D eigenvalue weighted by atomic mass is 9.76. The molecule has 0 radical (unpaired) electrons. The van der Waals surface area contributed by atoms with Crippen LogP contribution in [-0.4, -0.2) is 11.8 Å². The molecule has 2 amide bonds. The van der Waals surface area contributed by atoms with E-state index in [4.69, 9.17) is 0 Å². The third-order valence-electron chi connectivity index (χ3n) is 4.94. The fourth-order valence-corrected chi connectivity index (χ4v) is 3.51. The van der Waals surface area contributed by atoms with Gasteiger partial charge in [-0.3, -0.25) is 14.5 Å². The Kier molecular flexibility index (Phi) is 3.15. The van der Waals surface area contributed by atoms with Crippen molar-refractivity contribution >= 4 is 17.5 Å². The number of carbonyl (C=O) groups is 2. The van der Waals surface area contributed by atoms with Gasteiger partial charge in [0.05, 0.1) is 17.5 Å². The summed E-state index contributed by atoms with van der Waals surface area (Å²) in [5, 5.41) is 0. The second-order valence-electron chi connectivity index (χ2n) is 6.41. The van der Waals surface area contributed by atoms with Crippen LogP contribution in [0, 0.1) is 31.6 Å². The van der Waals surface area contributed by atoms with Gasteiger partial charge in [0, 0.05) is 0 Å². The van der Waals surface area contributed by atoms with Crippen molar-refractivity contribution in [1.82, 2.24) is 0 Å². The summed E-state index contributed by atoms with van der Waals surface area (Å²) in [7, 11) is 0. The number of fused-ring (bicyclic) bond motifs is 1. The molecule has 3 atom stereocenters. The van der Waals surface area contributed by atoms with E-state index < -0.39 is 0 Å². The van der Waals surface area contributed by atoms with E-state index in [1.807, 2.05) is 32.0 Å². The van der Waals surface area contributed by atoms with E-state index >= 15 is 0 Å². The van der Waals surface area contributed by atoms with Crippen molar-refractivity contribution in [2.75, 3.05) is 4.90 Å². The van der Waals surface area contributed by atoms with Crippen LogP contribution in [0.25, 0.3) is 0 Å². The largest absolute Gasteiger partial charge is 0.274 e. The van der Waals surface area contributed by atoms with Crippen molar-refractivity contribution < 1.29 is 9.59 Å². The molecule has 20 heavy (non-hydrogen) atoms.